The Bertz CT molecular complexity index is 376. The molecule has 0 fully saturated rings. The number of hydrogen-bond acceptors (Lipinski definition) is 4. The van der Waals surface area contributed by atoms with Crippen LogP contribution in [0.5, 0.6) is 5.75 Å². The van der Waals surface area contributed by atoms with Crippen LogP contribution in [0, 0.1) is 0 Å². The average molecular weight is 346 g/mol. The number of halogens is 1. The summed E-state index contributed by atoms with van der Waals surface area (Å²) >= 11 is 3.37. The van der Waals surface area contributed by atoms with Gasteiger partial charge in [-0.15, -0.1) is 0 Å². The second-order valence-corrected chi connectivity index (χ2v) is 6.58. The molecule has 20 heavy (non-hydrogen) atoms. The fraction of sp³-hybridized carbons (Fsp3) is 0.600. The van der Waals surface area contributed by atoms with Crippen LogP contribution >= 0.6 is 15.9 Å². The van der Waals surface area contributed by atoms with Crippen LogP contribution in [0.25, 0.3) is 0 Å². The fourth-order valence-electron chi connectivity index (χ4n) is 1.45. The highest BCUT2D eigenvalue weighted by molar-refractivity contribution is 9.10. The fourth-order valence-corrected chi connectivity index (χ4v) is 1.72. The van der Waals surface area contributed by atoms with Crippen LogP contribution < -0.4 is 10.1 Å². The van der Waals surface area contributed by atoms with Gasteiger partial charge < -0.3 is 19.9 Å². The maximum atomic E-state index is 9.73. The van der Waals surface area contributed by atoms with Gasteiger partial charge in [-0.05, 0) is 45.0 Å². The maximum Gasteiger partial charge on any atom is 0.119 e. The van der Waals surface area contributed by atoms with E-state index in [1.165, 1.54) is 0 Å². The van der Waals surface area contributed by atoms with Crippen molar-refractivity contribution in [2.75, 3.05) is 26.4 Å². The molecule has 0 radical (unpaired) electrons. The van der Waals surface area contributed by atoms with Crippen LogP contribution in [0.3, 0.4) is 0 Å². The number of rotatable bonds is 8. The number of hydrogen-bond donors (Lipinski definition) is 2. The first kappa shape index (κ1) is 17.4. The highest BCUT2D eigenvalue weighted by Crippen LogP contribution is 2.15. The van der Waals surface area contributed by atoms with Crippen molar-refractivity contribution in [2.24, 2.45) is 0 Å². The molecule has 0 bridgehead atoms. The van der Waals surface area contributed by atoms with Crippen LogP contribution in [0.2, 0.25) is 0 Å². The zero-order valence-corrected chi connectivity index (χ0v) is 13.9. The molecule has 0 aliphatic rings. The second kappa shape index (κ2) is 8.62. The quantitative estimate of drug-likeness (QED) is 0.711. The molecule has 0 heterocycles. The van der Waals surface area contributed by atoms with Crippen molar-refractivity contribution in [1.29, 1.82) is 0 Å². The van der Waals surface area contributed by atoms with Crippen molar-refractivity contribution in [2.45, 2.75) is 32.4 Å². The Morgan fingerprint density at radius 3 is 2.45 bits per heavy atom. The van der Waals surface area contributed by atoms with E-state index in [4.69, 9.17) is 9.47 Å². The summed E-state index contributed by atoms with van der Waals surface area (Å²) in [6.07, 6.45) is -0.498. The van der Waals surface area contributed by atoms with Gasteiger partial charge in [0.05, 0.1) is 19.3 Å². The highest BCUT2D eigenvalue weighted by atomic mass is 79.9. The summed E-state index contributed by atoms with van der Waals surface area (Å²) in [5.41, 5.74) is 0.00563. The first-order valence-corrected chi connectivity index (χ1v) is 7.55. The summed E-state index contributed by atoms with van der Waals surface area (Å²) in [6.45, 7) is 7.96. The third kappa shape index (κ3) is 8.53. The van der Waals surface area contributed by atoms with Gasteiger partial charge in [-0.1, -0.05) is 15.9 Å². The molecular weight excluding hydrogens is 322 g/mol. The van der Waals surface area contributed by atoms with Gasteiger partial charge in [0.1, 0.15) is 12.4 Å². The third-order valence-corrected chi connectivity index (χ3v) is 3.02. The van der Waals surface area contributed by atoms with E-state index in [0.717, 1.165) is 10.2 Å². The van der Waals surface area contributed by atoms with Gasteiger partial charge in [-0.2, -0.15) is 0 Å². The molecule has 1 aromatic carbocycles. The van der Waals surface area contributed by atoms with E-state index in [9.17, 15) is 5.11 Å². The lowest BCUT2D eigenvalue weighted by Crippen LogP contribution is -2.42. The standard InChI is InChI=1S/C15H24BrNO3/c1-15(2,3)17-10-13(18)11-19-8-9-20-14-6-4-12(16)5-7-14/h4-7,13,17-18H,8-11H2,1-3H3/t13-/m0/s1. The number of ether oxygens (including phenoxy) is 2. The monoisotopic (exact) mass is 345 g/mol. The van der Waals surface area contributed by atoms with E-state index in [-0.39, 0.29) is 5.54 Å². The molecule has 2 N–H and O–H groups in total. The molecule has 1 atom stereocenters. The van der Waals surface area contributed by atoms with Gasteiger partial charge >= 0.3 is 0 Å². The van der Waals surface area contributed by atoms with Crippen LogP contribution in [0.15, 0.2) is 28.7 Å². The summed E-state index contributed by atoms with van der Waals surface area (Å²) < 4.78 is 11.9. The first-order valence-electron chi connectivity index (χ1n) is 6.76. The molecule has 114 valence electrons. The van der Waals surface area contributed by atoms with E-state index in [0.29, 0.717) is 26.4 Å². The molecular formula is C15H24BrNO3. The van der Waals surface area contributed by atoms with Crippen LogP contribution in [-0.4, -0.2) is 43.1 Å². The minimum absolute atomic E-state index is 0.00563. The van der Waals surface area contributed by atoms with Crippen molar-refractivity contribution in [1.82, 2.24) is 5.32 Å². The van der Waals surface area contributed by atoms with Gasteiger partial charge in [-0.25, -0.2) is 0 Å². The number of benzene rings is 1. The Balaban J connectivity index is 2.05. The first-order chi connectivity index (χ1) is 9.37. The van der Waals surface area contributed by atoms with E-state index in [2.05, 4.69) is 42.0 Å². The predicted octanol–water partition coefficient (Wildman–Crippen LogP) is 2.59. The number of aliphatic hydroxyl groups is 1. The number of β-amino-alcohol motifs (C(OH)–C–C–N with tert-alkyl or cyclic N) is 1. The van der Waals surface area contributed by atoms with Crippen molar-refractivity contribution in [3.8, 4) is 5.75 Å². The van der Waals surface area contributed by atoms with Crippen molar-refractivity contribution in [3.05, 3.63) is 28.7 Å². The van der Waals surface area contributed by atoms with Gasteiger partial charge in [0.2, 0.25) is 0 Å². The summed E-state index contributed by atoms with van der Waals surface area (Å²) in [7, 11) is 0. The molecule has 0 unspecified atom stereocenters. The van der Waals surface area contributed by atoms with Crippen molar-refractivity contribution in [3.63, 3.8) is 0 Å². The molecule has 0 aliphatic carbocycles. The van der Waals surface area contributed by atoms with E-state index >= 15 is 0 Å². The predicted molar refractivity (Wildman–Crippen MR) is 84.2 cm³/mol. The second-order valence-electron chi connectivity index (χ2n) is 5.66. The van der Waals surface area contributed by atoms with Crippen LogP contribution in [-0.2, 0) is 4.74 Å². The molecule has 0 spiro atoms. The molecule has 1 rings (SSSR count). The Labute approximate surface area is 129 Å². The number of aliphatic hydroxyl groups excluding tert-OH is 1. The summed E-state index contributed by atoms with van der Waals surface area (Å²) in [4.78, 5) is 0. The van der Waals surface area contributed by atoms with Crippen LogP contribution in [0.4, 0.5) is 0 Å². The minimum atomic E-state index is -0.498. The third-order valence-electron chi connectivity index (χ3n) is 2.49. The Hall–Kier alpha value is -0.620. The Morgan fingerprint density at radius 1 is 1.20 bits per heavy atom. The zero-order valence-electron chi connectivity index (χ0n) is 12.4. The SMILES string of the molecule is CC(C)(C)NC[C@H](O)COCCOc1ccc(Br)cc1. The molecule has 0 amide bonds. The maximum absolute atomic E-state index is 9.73. The molecule has 0 aromatic heterocycles. The number of nitrogens with one attached hydrogen (secondary N) is 1. The van der Waals surface area contributed by atoms with Crippen molar-refractivity contribution >= 4 is 15.9 Å². The molecule has 0 saturated carbocycles. The van der Waals surface area contributed by atoms with Gasteiger partial charge in [0.15, 0.2) is 0 Å². The normalized spacial score (nSPS) is 13.2. The topological polar surface area (TPSA) is 50.7 Å². The van der Waals surface area contributed by atoms with E-state index < -0.39 is 6.10 Å². The zero-order chi connectivity index (χ0) is 15.0. The molecule has 4 nitrogen and oxygen atoms in total. The van der Waals surface area contributed by atoms with E-state index in [1.807, 2.05) is 24.3 Å². The van der Waals surface area contributed by atoms with Gasteiger partial charge in [0, 0.05) is 16.6 Å². The van der Waals surface area contributed by atoms with Crippen molar-refractivity contribution < 1.29 is 14.6 Å². The smallest absolute Gasteiger partial charge is 0.119 e. The lowest BCUT2D eigenvalue weighted by Gasteiger charge is -2.22. The Kier molecular flexibility index (Phi) is 7.51. The highest BCUT2D eigenvalue weighted by Gasteiger charge is 2.11. The summed E-state index contributed by atoms with van der Waals surface area (Å²) in [5.74, 6) is 0.812. The lowest BCUT2D eigenvalue weighted by atomic mass is 10.1. The summed E-state index contributed by atoms with van der Waals surface area (Å²) in [6, 6.07) is 7.65. The molecule has 0 aliphatic heterocycles. The van der Waals surface area contributed by atoms with Crippen LogP contribution in [0.1, 0.15) is 20.8 Å². The summed E-state index contributed by atoms with van der Waals surface area (Å²) in [5, 5.41) is 13.0. The average Bonchev–Trinajstić information content (AvgIpc) is 2.37. The van der Waals surface area contributed by atoms with Gasteiger partial charge in [0.25, 0.3) is 0 Å². The Morgan fingerprint density at radius 2 is 1.85 bits per heavy atom. The molecule has 1 aromatic rings. The minimum Gasteiger partial charge on any atom is -0.491 e. The van der Waals surface area contributed by atoms with E-state index in [1.54, 1.807) is 0 Å². The lowest BCUT2D eigenvalue weighted by molar-refractivity contribution is 0.0227. The molecule has 5 heteroatoms. The largest absolute Gasteiger partial charge is 0.491 e. The van der Waals surface area contributed by atoms with Gasteiger partial charge in [-0.3, -0.25) is 0 Å². The molecule has 0 saturated heterocycles.